The number of aliphatic hydroxyl groups excluding tert-OH is 1. The first-order valence-electron chi connectivity index (χ1n) is 3.48. The molecule has 1 N–H and O–H groups in total. The van der Waals surface area contributed by atoms with Crippen molar-refractivity contribution in [2.24, 2.45) is 0 Å². The van der Waals surface area contributed by atoms with Crippen LogP contribution in [0.5, 0.6) is 0 Å². The Morgan fingerprint density at radius 3 is 3.00 bits per heavy atom. The normalized spacial score (nSPS) is 10.6. The molecule has 0 saturated heterocycles. The van der Waals surface area contributed by atoms with E-state index in [1.165, 1.54) is 0 Å². The number of aliphatic hydroxyl groups is 1. The van der Waals surface area contributed by atoms with E-state index in [0.717, 1.165) is 10.9 Å². The summed E-state index contributed by atoms with van der Waals surface area (Å²) < 4.78 is 1.68. The van der Waals surface area contributed by atoms with E-state index in [-0.39, 0.29) is 6.73 Å². The number of hydrogen-bond donors (Lipinski definition) is 1. The quantitative estimate of drug-likeness (QED) is 0.646. The van der Waals surface area contributed by atoms with Gasteiger partial charge in [0, 0.05) is 5.39 Å². The molecule has 11 heavy (non-hydrogen) atoms. The maximum atomic E-state index is 8.86. The Morgan fingerprint density at radius 2 is 2.18 bits per heavy atom. The van der Waals surface area contributed by atoms with E-state index < -0.39 is 0 Å². The van der Waals surface area contributed by atoms with Crippen LogP contribution in [0.1, 0.15) is 0 Å². The summed E-state index contributed by atoms with van der Waals surface area (Å²) in [6.45, 7) is -0.00644. The highest BCUT2D eigenvalue weighted by molar-refractivity contribution is 5.79. The third-order valence-electron chi connectivity index (χ3n) is 1.74. The summed E-state index contributed by atoms with van der Waals surface area (Å²) in [6, 6.07) is 9.74. The lowest BCUT2D eigenvalue weighted by Crippen LogP contribution is -1.92. The average molecular weight is 146 g/mol. The molecule has 2 aromatic rings. The monoisotopic (exact) mass is 146 g/mol. The number of hydrogen-bond acceptors (Lipinski definition) is 1. The summed E-state index contributed by atoms with van der Waals surface area (Å²) >= 11 is 0. The minimum Gasteiger partial charge on any atom is -0.376 e. The second-order valence-electron chi connectivity index (χ2n) is 2.40. The highest BCUT2D eigenvalue weighted by Gasteiger charge is 1.96. The van der Waals surface area contributed by atoms with Gasteiger partial charge in [0.2, 0.25) is 0 Å². The zero-order valence-electron chi connectivity index (χ0n) is 5.99. The maximum absolute atomic E-state index is 8.86. The Kier molecular flexibility index (Phi) is 1.40. The van der Waals surface area contributed by atoms with Gasteiger partial charge >= 0.3 is 0 Å². The molecule has 0 unspecified atom stereocenters. The number of rotatable bonds is 1. The van der Waals surface area contributed by atoms with Crippen LogP contribution in [-0.4, -0.2) is 9.67 Å². The van der Waals surface area contributed by atoms with Gasteiger partial charge in [-0.1, -0.05) is 18.2 Å². The molecule has 2 rings (SSSR count). The summed E-state index contributed by atoms with van der Waals surface area (Å²) in [6.07, 6.45) is 2.93. The van der Waals surface area contributed by atoms with Gasteiger partial charge in [0.15, 0.2) is 0 Å². The molecule has 55 valence electrons. The fourth-order valence-corrected chi connectivity index (χ4v) is 1.19. The molecule has 1 aromatic heterocycles. The van der Waals surface area contributed by atoms with Crippen LogP contribution in [0.2, 0.25) is 0 Å². The summed E-state index contributed by atoms with van der Waals surface area (Å²) in [5.74, 6) is 0. The molecule has 1 aromatic carbocycles. The molecule has 0 amide bonds. The second kappa shape index (κ2) is 2.40. The number of nitrogens with zero attached hydrogens (tertiary/aromatic N) is 1. The van der Waals surface area contributed by atoms with Crippen LogP contribution in [0.3, 0.4) is 0 Å². The van der Waals surface area contributed by atoms with Gasteiger partial charge in [0.1, 0.15) is 6.73 Å². The SMILES string of the molecule is OCn1[c]cc2ccccc21. The number of para-hydroxylation sites is 1. The predicted octanol–water partition coefficient (Wildman–Crippen LogP) is 1.39. The summed E-state index contributed by atoms with van der Waals surface area (Å²) in [5, 5.41) is 9.97. The molecule has 0 aliphatic rings. The predicted molar refractivity (Wildman–Crippen MR) is 43.0 cm³/mol. The molecular formula is C9H8NO. The van der Waals surface area contributed by atoms with Gasteiger partial charge in [0.05, 0.1) is 11.7 Å². The smallest absolute Gasteiger partial charge is 0.120 e. The summed E-state index contributed by atoms with van der Waals surface area (Å²) in [7, 11) is 0. The Balaban J connectivity index is 2.76. The molecular weight excluding hydrogens is 138 g/mol. The largest absolute Gasteiger partial charge is 0.376 e. The molecule has 0 atom stereocenters. The first-order chi connectivity index (χ1) is 5.42. The first kappa shape index (κ1) is 6.43. The van der Waals surface area contributed by atoms with E-state index in [2.05, 4.69) is 6.20 Å². The molecule has 0 aliphatic heterocycles. The topological polar surface area (TPSA) is 25.2 Å². The first-order valence-corrected chi connectivity index (χ1v) is 3.48. The van der Waals surface area contributed by atoms with E-state index in [1.807, 2.05) is 30.3 Å². The van der Waals surface area contributed by atoms with E-state index in [0.29, 0.717) is 0 Å². The Morgan fingerprint density at radius 1 is 1.36 bits per heavy atom. The van der Waals surface area contributed by atoms with Gasteiger partial charge in [-0.05, 0) is 12.1 Å². The molecule has 0 bridgehead atoms. The van der Waals surface area contributed by atoms with Crippen molar-refractivity contribution in [3.05, 3.63) is 36.5 Å². The minimum atomic E-state index is -0.00644. The Bertz CT molecular complexity index is 364. The van der Waals surface area contributed by atoms with Crippen LogP contribution < -0.4 is 0 Å². The molecule has 2 heteroatoms. The molecule has 0 saturated carbocycles. The highest BCUT2D eigenvalue weighted by Crippen LogP contribution is 2.13. The Labute approximate surface area is 64.7 Å². The van der Waals surface area contributed by atoms with Crippen LogP contribution >= 0.6 is 0 Å². The van der Waals surface area contributed by atoms with Gasteiger partial charge in [-0.15, -0.1) is 0 Å². The molecule has 2 nitrogen and oxygen atoms in total. The van der Waals surface area contributed by atoms with E-state index >= 15 is 0 Å². The van der Waals surface area contributed by atoms with Gasteiger partial charge < -0.3 is 9.67 Å². The van der Waals surface area contributed by atoms with Gasteiger partial charge in [-0.25, -0.2) is 0 Å². The molecule has 0 aliphatic carbocycles. The van der Waals surface area contributed by atoms with Gasteiger partial charge in [-0.3, -0.25) is 0 Å². The molecule has 1 radical (unpaired) electrons. The molecule has 1 heterocycles. The highest BCUT2D eigenvalue weighted by atomic mass is 16.3. The van der Waals surface area contributed by atoms with Crippen LogP contribution in [0.15, 0.2) is 30.3 Å². The fourth-order valence-electron chi connectivity index (χ4n) is 1.19. The lowest BCUT2D eigenvalue weighted by atomic mass is 10.2. The lowest BCUT2D eigenvalue weighted by Gasteiger charge is -1.96. The van der Waals surface area contributed by atoms with Gasteiger partial charge in [-0.2, -0.15) is 0 Å². The third kappa shape index (κ3) is 0.917. The standard InChI is InChI=1S/C9H8NO/c11-7-10-6-5-8-3-1-2-4-9(8)10/h1-5,11H,7H2. The summed E-state index contributed by atoms with van der Waals surface area (Å²) in [5.41, 5.74) is 1.02. The minimum absolute atomic E-state index is 0.00644. The number of fused-ring (bicyclic) bond motifs is 1. The van der Waals surface area contributed by atoms with E-state index in [1.54, 1.807) is 4.57 Å². The van der Waals surface area contributed by atoms with Crippen LogP contribution in [0.25, 0.3) is 10.9 Å². The van der Waals surface area contributed by atoms with E-state index in [9.17, 15) is 0 Å². The zero-order valence-corrected chi connectivity index (χ0v) is 5.99. The van der Waals surface area contributed by atoms with Crippen molar-refractivity contribution < 1.29 is 5.11 Å². The number of aromatic nitrogens is 1. The lowest BCUT2D eigenvalue weighted by molar-refractivity contribution is 0.214. The van der Waals surface area contributed by atoms with Crippen molar-refractivity contribution in [3.63, 3.8) is 0 Å². The third-order valence-corrected chi connectivity index (χ3v) is 1.74. The van der Waals surface area contributed by atoms with Crippen molar-refractivity contribution in [1.29, 1.82) is 0 Å². The van der Waals surface area contributed by atoms with Crippen molar-refractivity contribution in [2.75, 3.05) is 0 Å². The van der Waals surface area contributed by atoms with Crippen LogP contribution in [0, 0.1) is 6.20 Å². The fraction of sp³-hybridized carbons (Fsp3) is 0.111. The maximum Gasteiger partial charge on any atom is 0.120 e. The van der Waals surface area contributed by atoms with Crippen molar-refractivity contribution in [2.45, 2.75) is 6.73 Å². The van der Waals surface area contributed by atoms with E-state index in [4.69, 9.17) is 5.11 Å². The number of benzene rings is 1. The van der Waals surface area contributed by atoms with Crippen LogP contribution in [0.4, 0.5) is 0 Å². The zero-order chi connectivity index (χ0) is 7.68. The van der Waals surface area contributed by atoms with Crippen molar-refractivity contribution in [1.82, 2.24) is 4.57 Å². The molecule has 0 spiro atoms. The van der Waals surface area contributed by atoms with Crippen molar-refractivity contribution >= 4 is 10.9 Å². The van der Waals surface area contributed by atoms with Gasteiger partial charge in [0.25, 0.3) is 0 Å². The second-order valence-corrected chi connectivity index (χ2v) is 2.40. The molecule has 0 fully saturated rings. The van der Waals surface area contributed by atoms with Crippen LogP contribution in [-0.2, 0) is 6.73 Å². The average Bonchev–Trinajstić information content (AvgIpc) is 2.47. The summed E-state index contributed by atoms with van der Waals surface area (Å²) in [4.78, 5) is 0. The van der Waals surface area contributed by atoms with Crippen molar-refractivity contribution in [3.8, 4) is 0 Å². The Hall–Kier alpha value is -1.28.